The van der Waals surface area contributed by atoms with E-state index >= 15 is 0 Å². The number of H-pyrrole nitrogens is 1. The highest BCUT2D eigenvalue weighted by molar-refractivity contribution is 6.30. The standard InChI is InChI=1S/C23H17ClN6O4/c1-14-26-21(34-28-14)19-12-25-23(30(22(19)31)13-15-2-4-16(24)5-3-15)27-17-6-8-18(9-7-17)33-20-10-11-32-29-20/h2-12H,13H2,1H3,(H,25,27). The summed E-state index contributed by atoms with van der Waals surface area (Å²) in [5.74, 6) is 1.48. The summed E-state index contributed by atoms with van der Waals surface area (Å²) < 4.78 is 17.0. The van der Waals surface area contributed by atoms with E-state index in [1.807, 2.05) is 12.1 Å². The van der Waals surface area contributed by atoms with Crippen molar-refractivity contribution in [3.63, 3.8) is 0 Å². The number of aromatic nitrogens is 5. The Morgan fingerprint density at radius 1 is 1.09 bits per heavy atom. The van der Waals surface area contributed by atoms with Gasteiger partial charge in [0.25, 0.3) is 17.3 Å². The van der Waals surface area contributed by atoms with Gasteiger partial charge >= 0.3 is 0 Å². The molecular formula is C23H17ClN6O4. The zero-order valence-corrected chi connectivity index (χ0v) is 18.6. The Labute approximate surface area is 197 Å². The van der Waals surface area contributed by atoms with Crippen LogP contribution < -0.4 is 15.9 Å². The summed E-state index contributed by atoms with van der Waals surface area (Å²) in [6.45, 7) is 1.93. The third-order valence-electron chi connectivity index (χ3n) is 4.80. The van der Waals surface area contributed by atoms with Crippen molar-refractivity contribution in [3.05, 3.63) is 99.4 Å². The molecule has 5 aromatic rings. The lowest BCUT2D eigenvalue weighted by Gasteiger charge is -2.09. The van der Waals surface area contributed by atoms with E-state index in [-0.39, 0.29) is 23.6 Å². The average molecular weight is 477 g/mol. The lowest BCUT2D eigenvalue weighted by molar-refractivity contribution is 0.367. The second-order valence-electron chi connectivity index (χ2n) is 7.24. The van der Waals surface area contributed by atoms with Gasteiger partial charge in [0.1, 0.15) is 17.6 Å². The Bertz CT molecular complexity index is 1530. The average Bonchev–Trinajstić information content (AvgIpc) is 3.51. The van der Waals surface area contributed by atoms with Crippen molar-refractivity contribution in [1.29, 1.82) is 0 Å². The first-order valence-electron chi connectivity index (χ1n) is 10.2. The molecule has 1 N–H and O–H groups in total. The molecule has 0 saturated carbocycles. The van der Waals surface area contributed by atoms with Crippen molar-refractivity contribution in [1.82, 2.24) is 24.8 Å². The van der Waals surface area contributed by atoms with E-state index in [1.165, 1.54) is 17.0 Å². The van der Waals surface area contributed by atoms with E-state index in [0.717, 1.165) is 5.56 Å². The maximum absolute atomic E-state index is 13.4. The smallest absolute Gasteiger partial charge is 0.268 e. The van der Waals surface area contributed by atoms with Crippen LogP contribution in [0.25, 0.3) is 11.5 Å². The first kappa shape index (κ1) is 21.4. The van der Waals surface area contributed by atoms with Crippen molar-refractivity contribution < 1.29 is 13.8 Å². The third-order valence-corrected chi connectivity index (χ3v) is 5.05. The van der Waals surface area contributed by atoms with Gasteiger partial charge in [0.15, 0.2) is 5.82 Å². The van der Waals surface area contributed by atoms with Gasteiger partial charge in [0.2, 0.25) is 5.62 Å². The quantitative estimate of drug-likeness (QED) is 0.388. The van der Waals surface area contributed by atoms with E-state index in [9.17, 15) is 4.79 Å². The van der Waals surface area contributed by atoms with Crippen molar-refractivity contribution in [3.8, 4) is 23.1 Å². The summed E-state index contributed by atoms with van der Waals surface area (Å²) in [4.78, 5) is 25.2. The second-order valence-corrected chi connectivity index (χ2v) is 7.67. The van der Waals surface area contributed by atoms with Crippen LogP contribution in [0.3, 0.4) is 0 Å². The molecule has 3 heterocycles. The SMILES string of the molecule is Cc1noc(-c2c[nH]/c(=N\c3ccc(Oc4ccon4)cc3)n(Cc3ccc(Cl)cc3)c2=O)n1. The van der Waals surface area contributed by atoms with Gasteiger partial charge in [-0.05, 0) is 54.0 Å². The number of nitrogens with one attached hydrogen (secondary N) is 1. The Balaban J connectivity index is 1.55. The Hall–Kier alpha value is -4.44. The molecule has 0 aliphatic rings. The molecule has 170 valence electrons. The van der Waals surface area contributed by atoms with Gasteiger partial charge < -0.3 is 18.8 Å². The molecule has 3 aromatic heterocycles. The summed E-state index contributed by atoms with van der Waals surface area (Å²) in [5, 5.41) is 8.09. The monoisotopic (exact) mass is 476 g/mol. The van der Waals surface area contributed by atoms with Crippen LogP contribution in [0.15, 0.2) is 85.9 Å². The second kappa shape index (κ2) is 9.20. The maximum Gasteiger partial charge on any atom is 0.268 e. The zero-order valence-electron chi connectivity index (χ0n) is 17.8. The Kier molecular flexibility index (Phi) is 5.79. The van der Waals surface area contributed by atoms with Gasteiger partial charge in [0, 0.05) is 17.3 Å². The minimum atomic E-state index is -0.331. The molecule has 0 amide bonds. The summed E-state index contributed by atoms with van der Waals surface area (Å²) in [6.07, 6.45) is 2.93. The number of benzene rings is 2. The van der Waals surface area contributed by atoms with Crippen molar-refractivity contribution >= 4 is 17.3 Å². The summed E-state index contributed by atoms with van der Waals surface area (Å²) in [5.41, 5.74) is 1.72. The van der Waals surface area contributed by atoms with Crippen LogP contribution in [0.4, 0.5) is 5.69 Å². The molecule has 10 nitrogen and oxygen atoms in total. The number of aryl methyl sites for hydroxylation is 1. The predicted molar refractivity (Wildman–Crippen MR) is 122 cm³/mol. The zero-order chi connectivity index (χ0) is 23.5. The van der Waals surface area contributed by atoms with Crippen LogP contribution in [-0.4, -0.2) is 24.8 Å². The molecule has 11 heteroatoms. The number of halogens is 1. The summed E-state index contributed by atoms with van der Waals surface area (Å²) in [6, 6.07) is 15.8. The molecule has 0 atom stereocenters. The van der Waals surface area contributed by atoms with Crippen LogP contribution in [0.1, 0.15) is 11.4 Å². The largest absolute Gasteiger partial charge is 0.436 e. The molecule has 0 bridgehead atoms. The highest BCUT2D eigenvalue weighted by atomic mass is 35.5. The Morgan fingerprint density at radius 2 is 1.88 bits per heavy atom. The first-order valence-corrected chi connectivity index (χ1v) is 10.5. The highest BCUT2D eigenvalue weighted by Gasteiger charge is 2.15. The van der Waals surface area contributed by atoms with Crippen LogP contribution >= 0.6 is 11.6 Å². The van der Waals surface area contributed by atoms with E-state index in [0.29, 0.717) is 33.8 Å². The predicted octanol–water partition coefficient (Wildman–Crippen LogP) is 4.25. The number of ether oxygens (including phenoxy) is 1. The fourth-order valence-corrected chi connectivity index (χ4v) is 3.30. The number of rotatable bonds is 6. The van der Waals surface area contributed by atoms with Crippen molar-refractivity contribution in [2.75, 3.05) is 0 Å². The maximum atomic E-state index is 13.4. The van der Waals surface area contributed by atoms with Crippen LogP contribution in [0.5, 0.6) is 11.6 Å². The molecule has 2 aromatic carbocycles. The first-order chi connectivity index (χ1) is 16.5. The van der Waals surface area contributed by atoms with Crippen LogP contribution in [0.2, 0.25) is 5.02 Å². The molecule has 0 spiro atoms. The normalized spacial score (nSPS) is 11.6. The number of nitrogens with zero attached hydrogens (tertiary/aromatic N) is 5. The minimum absolute atomic E-state index is 0.129. The lowest BCUT2D eigenvalue weighted by atomic mass is 10.2. The molecule has 0 saturated heterocycles. The highest BCUT2D eigenvalue weighted by Crippen LogP contribution is 2.22. The molecule has 34 heavy (non-hydrogen) atoms. The van der Waals surface area contributed by atoms with Crippen molar-refractivity contribution in [2.24, 2.45) is 4.99 Å². The lowest BCUT2D eigenvalue weighted by Crippen LogP contribution is -2.36. The van der Waals surface area contributed by atoms with E-state index in [1.54, 1.807) is 49.4 Å². The van der Waals surface area contributed by atoms with Crippen molar-refractivity contribution in [2.45, 2.75) is 13.5 Å². The molecule has 0 fully saturated rings. The van der Waals surface area contributed by atoms with E-state index in [4.69, 9.17) is 25.4 Å². The molecule has 0 aliphatic carbocycles. The third kappa shape index (κ3) is 4.66. The fraction of sp³-hybridized carbons (Fsp3) is 0.0870. The number of aromatic amines is 1. The van der Waals surface area contributed by atoms with Crippen LogP contribution in [-0.2, 0) is 6.54 Å². The van der Waals surface area contributed by atoms with Gasteiger partial charge in [-0.15, -0.1) is 0 Å². The Morgan fingerprint density at radius 3 is 2.56 bits per heavy atom. The molecular weight excluding hydrogens is 460 g/mol. The van der Waals surface area contributed by atoms with Gasteiger partial charge in [-0.3, -0.25) is 9.36 Å². The minimum Gasteiger partial charge on any atom is -0.436 e. The number of hydrogen-bond acceptors (Lipinski definition) is 8. The number of hydrogen-bond donors (Lipinski definition) is 1. The van der Waals surface area contributed by atoms with E-state index in [2.05, 4.69) is 25.3 Å². The van der Waals surface area contributed by atoms with Crippen LogP contribution in [0, 0.1) is 6.92 Å². The summed E-state index contributed by atoms with van der Waals surface area (Å²) in [7, 11) is 0. The topological polar surface area (TPSA) is 124 Å². The molecule has 0 aliphatic heterocycles. The van der Waals surface area contributed by atoms with Gasteiger partial charge in [-0.1, -0.05) is 28.9 Å². The van der Waals surface area contributed by atoms with Gasteiger partial charge in [0.05, 0.1) is 12.2 Å². The molecule has 5 rings (SSSR count). The summed E-state index contributed by atoms with van der Waals surface area (Å²) >= 11 is 6.01. The van der Waals surface area contributed by atoms with E-state index < -0.39 is 0 Å². The fourth-order valence-electron chi connectivity index (χ4n) is 3.18. The molecule has 0 radical (unpaired) electrons. The van der Waals surface area contributed by atoms with Gasteiger partial charge in [-0.2, -0.15) is 4.98 Å². The molecule has 0 unspecified atom stereocenters. The van der Waals surface area contributed by atoms with Gasteiger partial charge in [-0.25, -0.2) is 4.99 Å².